The van der Waals surface area contributed by atoms with Crippen molar-refractivity contribution in [2.24, 2.45) is 0 Å². The summed E-state index contributed by atoms with van der Waals surface area (Å²) in [5.41, 5.74) is -1.85. The van der Waals surface area contributed by atoms with E-state index in [1.807, 2.05) is 5.32 Å². The van der Waals surface area contributed by atoms with Crippen molar-refractivity contribution in [3.63, 3.8) is 0 Å². The molecule has 3 aromatic rings. The lowest BCUT2D eigenvalue weighted by Gasteiger charge is -2.15. The number of esters is 1. The van der Waals surface area contributed by atoms with Crippen LogP contribution in [0.15, 0.2) is 60.8 Å². The molecule has 3 rings (SSSR count). The number of amides is 1. The first-order chi connectivity index (χ1) is 15.2. The Bertz CT molecular complexity index is 1160. The van der Waals surface area contributed by atoms with Gasteiger partial charge in [-0.3, -0.25) is 4.79 Å². The van der Waals surface area contributed by atoms with Crippen molar-refractivity contribution in [2.45, 2.75) is 6.18 Å². The number of pyridine rings is 1. The maximum atomic E-state index is 13.9. The van der Waals surface area contributed by atoms with Crippen LogP contribution in [0.5, 0.6) is 0 Å². The van der Waals surface area contributed by atoms with Gasteiger partial charge in [0.25, 0.3) is 5.91 Å². The van der Waals surface area contributed by atoms with Crippen molar-refractivity contribution in [2.75, 3.05) is 17.2 Å². The van der Waals surface area contributed by atoms with Crippen molar-refractivity contribution in [3.05, 3.63) is 82.8 Å². The maximum absolute atomic E-state index is 13.9. The summed E-state index contributed by atoms with van der Waals surface area (Å²) in [6, 6.07) is 11.4. The summed E-state index contributed by atoms with van der Waals surface area (Å²) in [7, 11) is 0. The number of nitrogens with zero attached hydrogens (tertiary/aromatic N) is 1. The second-order valence-electron chi connectivity index (χ2n) is 6.29. The van der Waals surface area contributed by atoms with E-state index in [-0.39, 0.29) is 22.1 Å². The molecule has 0 atom stereocenters. The van der Waals surface area contributed by atoms with E-state index in [0.29, 0.717) is 0 Å². The molecule has 0 saturated carbocycles. The van der Waals surface area contributed by atoms with Crippen molar-refractivity contribution in [1.29, 1.82) is 0 Å². The van der Waals surface area contributed by atoms with Gasteiger partial charge in [-0.2, -0.15) is 13.2 Å². The average molecular weight is 468 g/mol. The quantitative estimate of drug-likeness (QED) is 0.373. The molecule has 1 heterocycles. The fourth-order valence-electron chi connectivity index (χ4n) is 2.63. The van der Waals surface area contributed by atoms with E-state index in [1.165, 1.54) is 42.6 Å². The number of rotatable bonds is 6. The highest BCUT2D eigenvalue weighted by atomic mass is 35.5. The Balaban J connectivity index is 1.70. The summed E-state index contributed by atoms with van der Waals surface area (Å²) < 4.78 is 58.1. The predicted octanol–water partition coefficient (Wildman–Crippen LogP) is 5.43. The maximum Gasteiger partial charge on any atom is 0.418 e. The van der Waals surface area contributed by atoms with E-state index in [2.05, 4.69) is 10.3 Å². The summed E-state index contributed by atoms with van der Waals surface area (Å²) in [5, 5.41) is 4.33. The molecule has 0 radical (unpaired) electrons. The summed E-state index contributed by atoms with van der Waals surface area (Å²) in [4.78, 5) is 28.5. The Kier molecular flexibility index (Phi) is 6.94. The lowest BCUT2D eigenvalue weighted by molar-refractivity contribution is -0.137. The van der Waals surface area contributed by atoms with E-state index in [4.69, 9.17) is 16.3 Å². The molecule has 0 aliphatic rings. The number of hydrogen-bond donors (Lipinski definition) is 2. The van der Waals surface area contributed by atoms with Crippen LogP contribution < -0.4 is 10.6 Å². The van der Waals surface area contributed by atoms with E-state index in [9.17, 15) is 27.2 Å². The number of alkyl halides is 3. The molecule has 0 aliphatic heterocycles. The second kappa shape index (κ2) is 9.65. The Labute approximate surface area is 184 Å². The molecule has 0 spiro atoms. The molecule has 1 amide bonds. The number of hydrogen-bond acceptors (Lipinski definition) is 5. The number of aromatic nitrogens is 1. The molecular formula is C21H14ClF4N3O3. The number of benzene rings is 2. The fraction of sp³-hybridized carbons (Fsp3) is 0.0952. The minimum atomic E-state index is -4.76. The van der Waals surface area contributed by atoms with Gasteiger partial charge < -0.3 is 15.4 Å². The predicted molar refractivity (Wildman–Crippen MR) is 109 cm³/mol. The minimum Gasteiger partial charge on any atom is -0.452 e. The zero-order valence-corrected chi connectivity index (χ0v) is 16.8. The Morgan fingerprint density at radius 3 is 2.50 bits per heavy atom. The zero-order valence-electron chi connectivity index (χ0n) is 16.0. The van der Waals surface area contributed by atoms with Crippen molar-refractivity contribution < 1.29 is 31.9 Å². The fourth-order valence-corrected chi connectivity index (χ4v) is 2.85. The number of carbonyl (C=O) groups excluding carboxylic acids is 2. The third-order valence-corrected chi connectivity index (χ3v) is 4.39. The van der Waals surface area contributed by atoms with Crippen molar-refractivity contribution in [3.8, 4) is 0 Å². The molecule has 2 aromatic carbocycles. The van der Waals surface area contributed by atoms with Crippen LogP contribution in [-0.2, 0) is 15.7 Å². The van der Waals surface area contributed by atoms with Crippen molar-refractivity contribution >= 4 is 40.7 Å². The van der Waals surface area contributed by atoms with Gasteiger partial charge in [0, 0.05) is 6.20 Å². The zero-order chi connectivity index (χ0) is 23.3. The summed E-state index contributed by atoms with van der Waals surface area (Å²) in [5.74, 6) is -2.66. The lowest BCUT2D eigenvalue weighted by atomic mass is 10.1. The third kappa shape index (κ3) is 5.52. The molecule has 11 heteroatoms. The molecule has 0 fully saturated rings. The minimum absolute atomic E-state index is 0.0338. The van der Waals surface area contributed by atoms with Gasteiger partial charge in [0.1, 0.15) is 17.2 Å². The van der Waals surface area contributed by atoms with Crippen LogP contribution >= 0.6 is 11.6 Å². The smallest absolute Gasteiger partial charge is 0.418 e. The van der Waals surface area contributed by atoms with Crippen LogP contribution in [0.3, 0.4) is 0 Å². The Morgan fingerprint density at radius 1 is 1.03 bits per heavy atom. The number of carbonyl (C=O) groups is 2. The van der Waals surface area contributed by atoms with Gasteiger partial charge in [-0.15, -0.1) is 0 Å². The number of nitrogens with one attached hydrogen (secondary N) is 2. The molecule has 0 aliphatic carbocycles. The summed E-state index contributed by atoms with van der Waals surface area (Å²) in [6.45, 7) is -0.893. The van der Waals surface area contributed by atoms with Crippen molar-refractivity contribution in [1.82, 2.24) is 4.98 Å². The highest BCUT2D eigenvalue weighted by Crippen LogP contribution is 2.38. The standard InChI is InChI=1S/C21H14ClF4N3O3/c22-14-7-3-6-13(21(24,25)26)18(14)29-17(30)11-32-20(31)12-5-4-10-27-19(12)28-16-9-2-1-8-15(16)23/h1-10H,11H2,(H,27,28)(H,29,30). The van der Waals surface area contributed by atoms with Crippen LogP contribution in [0.25, 0.3) is 0 Å². The summed E-state index contributed by atoms with van der Waals surface area (Å²) in [6.07, 6.45) is -3.41. The van der Waals surface area contributed by atoms with Gasteiger partial charge in [0.05, 0.1) is 22.0 Å². The molecule has 0 saturated heterocycles. The first-order valence-corrected chi connectivity index (χ1v) is 9.34. The molecule has 0 unspecified atom stereocenters. The second-order valence-corrected chi connectivity index (χ2v) is 6.70. The Hall–Kier alpha value is -3.66. The SMILES string of the molecule is O=C(COC(=O)c1cccnc1Nc1ccccc1F)Nc1c(Cl)cccc1C(F)(F)F. The van der Waals surface area contributed by atoms with Crippen LogP contribution in [0.2, 0.25) is 5.02 Å². The summed E-state index contributed by atoms with van der Waals surface area (Å²) >= 11 is 5.78. The Morgan fingerprint density at radius 2 is 1.78 bits per heavy atom. The molecule has 32 heavy (non-hydrogen) atoms. The van der Waals surface area contributed by atoms with Crippen LogP contribution in [0.1, 0.15) is 15.9 Å². The number of anilines is 3. The number of halogens is 5. The molecule has 2 N–H and O–H groups in total. The largest absolute Gasteiger partial charge is 0.452 e. The van der Waals surface area contributed by atoms with Crippen LogP contribution in [0.4, 0.5) is 34.8 Å². The van der Waals surface area contributed by atoms with Crippen LogP contribution in [0, 0.1) is 5.82 Å². The topological polar surface area (TPSA) is 80.3 Å². The van der Waals surface area contributed by atoms with Gasteiger partial charge in [-0.1, -0.05) is 29.8 Å². The first kappa shape index (κ1) is 23.0. The average Bonchev–Trinajstić information content (AvgIpc) is 2.74. The first-order valence-electron chi connectivity index (χ1n) is 8.96. The molecule has 0 bridgehead atoms. The lowest BCUT2D eigenvalue weighted by Crippen LogP contribution is -2.23. The van der Waals surface area contributed by atoms with E-state index < -0.39 is 41.7 Å². The monoisotopic (exact) mass is 467 g/mol. The number of ether oxygens (including phenoxy) is 1. The molecule has 1 aromatic heterocycles. The number of para-hydroxylation sites is 2. The normalized spacial score (nSPS) is 11.0. The van der Waals surface area contributed by atoms with Gasteiger partial charge in [0.15, 0.2) is 6.61 Å². The van der Waals surface area contributed by atoms with Gasteiger partial charge >= 0.3 is 12.1 Å². The van der Waals surface area contributed by atoms with E-state index in [0.717, 1.165) is 12.1 Å². The van der Waals surface area contributed by atoms with Crippen LogP contribution in [-0.4, -0.2) is 23.5 Å². The third-order valence-electron chi connectivity index (χ3n) is 4.07. The highest BCUT2D eigenvalue weighted by molar-refractivity contribution is 6.34. The van der Waals surface area contributed by atoms with E-state index in [1.54, 1.807) is 6.07 Å². The molecule has 6 nitrogen and oxygen atoms in total. The highest BCUT2D eigenvalue weighted by Gasteiger charge is 2.34. The molecular weight excluding hydrogens is 454 g/mol. The molecule has 166 valence electrons. The van der Waals surface area contributed by atoms with Gasteiger partial charge in [-0.05, 0) is 36.4 Å². The van der Waals surface area contributed by atoms with Gasteiger partial charge in [0.2, 0.25) is 0 Å². The van der Waals surface area contributed by atoms with E-state index >= 15 is 0 Å². The van der Waals surface area contributed by atoms with Gasteiger partial charge in [-0.25, -0.2) is 14.2 Å².